The van der Waals surface area contributed by atoms with Gasteiger partial charge in [-0.05, 0) is 56.5 Å². The summed E-state index contributed by atoms with van der Waals surface area (Å²) < 4.78 is 2.29. The van der Waals surface area contributed by atoms with E-state index in [0.717, 1.165) is 40.9 Å². The average molecular weight is 418 g/mol. The molecule has 0 aliphatic heterocycles. The van der Waals surface area contributed by atoms with Crippen LogP contribution in [0.2, 0.25) is 0 Å². The molecule has 0 aliphatic rings. The van der Waals surface area contributed by atoms with Crippen LogP contribution in [0, 0.1) is 0 Å². The second kappa shape index (κ2) is 8.29. The third-order valence-corrected chi connectivity index (χ3v) is 6.24. The highest BCUT2D eigenvalue weighted by Gasteiger charge is 2.10. The third-order valence-electron chi connectivity index (χ3n) is 3.00. The van der Waals surface area contributed by atoms with Gasteiger partial charge in [0, 0.05) is 29.0 Å². The topological polar surface area (TPSA) is 29.3 Å². The van der Waals surface area contributed by atoms with Crippen molar-refractivity contribution >= 4 is 43.2 Å². The van der Waals surface area contributed by atoms with Gasteiger partial charge in [-0.3, -0.25) is 4.90 Å². The number of benzene rings is 1. The Bertz CT molecular complexity index is 508. The fraction of sp³-hybridized carbons (Fsp3) is 0.333. The number of thiophene rings is 1. The Hall–Kier alpha value is -0.200. The maximum Gasteiger partial charge on any atom is 0.0843 e. The van der Waals surface area contributed by atoms with Gasteiger partial charge in [-0.15, -0.1) is 11.3 Å². The molecule has 0 fully saturated rings. The lowest BCUT2D eigenvalue weighted by molar-refractivity contribution is 0.257. The summed E-state index contributed by atoms with van der Waals surface area (Å²) in [6.07, 6.45) is 1.03. The number of hydrogen-bond acceptors (Lipinski definition) is 3. The van der Waals surface area contributed by atoms with Crippen LogP contribution in [0.15, 0.2) is 44.7 Å². The fourth-order valence-corrected chi connectivity index (χ4v) is 4.28. The molecule has 0 bridgehead atoms. The lowest BCUT2D eigenvalue weighted by atomic mass is 10.2. The van der Waals surface area contributed by atoms with Gasteiger partial charge in [0.2, 0.25) is 0 Å². The second-order valence-electron chi connectivity index (χ2n) is 4.67. The van der Waals surface area contributed by atoms with Gasteiger partial charge in [-0.2, -0.15) is 0 Å². The lowest BCUT2D eigenvalue weighted by Crippen LogP contribution is -2.25. The molecular weight excluding hydrogens is 400 g/mol. The molecule has 20 heavy (non-hydrogen) atoms. The highest BCUT2D eigenvalue weighted by molar-refractivity contribution is 9.13. The van der Waals surface area contributed by atoms with Crippen LogP contribution in [0.5, 0.6) is 0 Å². The molecule has 5 heteroatoms. The van der Waals surface area contributed by atoms with Crippen molar-refractivity contribution in [2.75, 3.05) is 13.1 Å². The zero-order chi connectivity index (χ0) is 14.4. The quantitative estimate of drug-likeness (QED) is 0.711. The highest BCUT2D eigenvalue weighted by Crippen LogP contribution is 2.33. The Labute approximate surface area is 141 Å². The van der Waals surface area contributed by atoms with Gasteiger partial charge in [-0.25, -0.2) is 0 Å². The summed E-state index contributed by atoms with van der Waals surface area (Å²) in [6.45, 7) is 3.69. The number of nitrogens with zero attached hydrogens (tertiary/aromatic N) is 1. The van der Waals surface area contributed by atoms with Gasteiger partial charge < -0.3 is 5.73 Å². The highest BCUT2D eigenvalue weighted by atomic mass is 79.9. The third kappa shape index (κ3) is 4.97. The van der Waals surface area contributed by atoms with E-state index in [1.165, 1.54) is 10.4 Å². The Kier molecular flexibility index (Phi) is 6.71. The molecule has 0 aliphatic carbocycles. The minimum absolute atomic E-state index is 0.739. The van der Waals surface area contributed by atoms with E-state index in [-0.39, 0.29) is 0 Å². The Balaban J connectivity index is 2.03. The summed E-state index contributed by atoms with van der Waals surface area (Å²) >= 11 is 8.89. The maximum absolute atomic E-state index is 5.65. The Morgan fingerprint density at radius 1 is 1.10 bits per heavy atom. The first-order valence-electron chi connectivity index (χ1n) is 6.59. The zero-order valence-electron chi connectivity index (χ0n) is 11.2. The molecule has 0 radical (unpaired) electrons. The van der Waals surface area contributed by atoms with Gasteiger partial charge in [0.25, 0.3) is 0 Å². The van der Waals surface area contributed by atoms with Gasteiger partial charge in [0.15, 0.2) is 0 Å². The zero-order valence-corrected chi connectivity index (χ0v) is 15.2. The van der Waals surface area contributed by atoms with Crippen molar-refractivity contribution in [3.05, 3.63) is 55.1 Å². The normalized spacial score (nSPS) is 11.2. The van der Waals surface area contributed by atoms with E-state index in [2.05, 4.69) is 73.2 Å². The maximum atomic E-state index is 5.65. The molecule has 0 atom stereocenters. The van der Waals surface area contributed by atoms with Crippen LogP contribution in [0.3, 0.4) is 0 Å². The minimum atomic E-state index is 0.739. The van der Waals surface area contributed by atoms with E-state index in [9.17, 15) is 0 Å². The fourth-order valence-electron chi connectivity index (χ4n) is 2.06. The van der Waals surface area contributed by atoms with Crippen molar-refractivity contribution < 1.29 is 0 Å². The van der Waals surface area contributed by atoms with Crippen LogP contribution in [-0.4, -0.2) is 18.0 Å². The molecule has 2 nitrogen and oxygen atoms in total. The van der Waals surface area contributed by atoms with Gasteiger partial charge in [0.1, 0.15) is 0 Å². The molecule has 1 aromatic heterocycles. The molecule has 2 rings (SSSR count). The molecule has 0 spiro atoms. The van der Waals surface area contributed by atoms with Crippen molar-refractivity contribution in [2.24, 2.45) is 5.73 Å². The molecule has 0 unspecified atom stereocenters. The molecular formula is C15H18Br2N2S. The van der Waals surface area contributed by atoms with E-state index in [4.69, 9.17) is 5.73 Å². The molecule has 0 amide bonds. The Morgan fingerprint density at radius 3 is 2.45 bits per heavy atom. The van der Waals surface area contributed by atoms with Crippen LogP contribution >= 0.6 is 43.2 Å². The minimum Gasteiger partial charge on any atom is -0.330 e. The summed E-state index contributed by atoms with van der Waals surface area (Å²) in [6, 6.07) is 12.8. The van der Waals surface area contributed by atoms with Crippen molar-refractivity contribution in [1.82, 2.24) is 4.90 Å². The van der Waals surface area contributed by atoms with Crippen molar-refractivity contribution in [1.29, 1.82) is 0 Å². The molecule has 2 N–H and O–H groups in total. The Morgan fingerprint density at radius 2 is 1.85 bits per heavy atom. The van der Waals surface area contributed by atoms with Crippen LogP contribution in [0.4, 0.5) is 0 Å². The average Bonchev–Trinajstić information content (AvgIpc) is 2.76. The van der Waals surface area contributed by atoms with E-state index >= 15 is 0 Å². The van der Waals surface area contributed by atoms with Crippen LogP contribution in [0.25, 0.3) is 0 Å². The number of rotatable bonds is 7. The SMILES string of the molecule is NCCCN(Cc1ccccc1)Cc1cc(Br)c(Br)s1. The molecule has 1 heterocycles. The first-order valence-corrected chi connectivity index (χ1v) is 8.99. The predicted octanol–water partition coefficient (Wildman–Crippen LogP) is 4.62. The van der Waals surface area contributed by atoms with Crippen molar-refractivity contribution in [2.45, 2.75) is 19.5 Å². The summed E-state index contributed by atoms with van der Waals surface area (Å²) in [5.74, 6) is 0. The van der Waals surface area contributed by atoms with E-state index in [0.29, 0.717) is 0 Å². The smallest absolute Gasteiger partial charge is 0.0843 e. The van der Waals surface area contributed by atoms with Gasteiger partial charge in [0.05, 0.1) is 3.79 Å². The van der Waals surface area contributed by atoms with Crippen molar-refractivity contribution in [3.8, 4) is 0 Å². The standard InChI is InChI=1S/C15H18Br2N2S/c16-14-9-13(20-15(14)17)11-19(8-4-7-18)10-12-5-2-1-3-6-12/h1-3,5-6,9H,4,7-8,10-11,18H2. The van der Waals surface area contributed by atoms with E-state index in [1.54, 1.807) is 11.3 Å². The monoisotopic (exact) mass is 416 g/mol. The number of nitrogens with two attached hydrogens (primary N) is 1. The first kappa shape index (κ1) is 16.2. The van der Waals surface area contributed by atoms with E-state index in [1.807, 2.05) is 0 Å². The summed E-state index contributed by atoms with van der Waals surface area (Å²) in [4.78, 5) is 3.81. The summed E-state index contributed by atoms with van der Waals surface area (Å²) in [5, 5.41) is 0. The van der Waals surface area contributed by atoms with E-state index < -0.39 is 0 Å². The summed E-state index contributed by atoms with van der Waals surface area (Å²) in [7, 11) is 0. The molecule has 1 aromatic carbocycles. The van der Waals surface area contributed by atoms with Gasteiger partial charge in [-0.1, -0.05) is 30.3 Å². The molecule has 108 valence electrons. The second-order valence-corrected chi connectivity index (χ2v) is 7.98. The van der Waals surface area contributed by atoms with Crippen LogP contribution in [-0.2, 0) is 13.1 Å². The van der Waals surface area contributed by atoms with Crippen molar-refractivity contribution in [3.63, 3.8) is 0 Å². The van der Waals surface area contributed by atoms with Gasteiger partial charge >= 0.3 is 0 Å². The number of halogens is 2. The molecule has 0 saturated heterocycles. The largest absolute Gasteiger partial charge is 0.330 e. The van der Waals surface area contributed by atoms with Crippen LogP contribution in [0.1, 0.15) is 16.9 Å². The first-order chi connectivity index (χ1) is 9.69. The molecule has 0 saturated carbocycles. The lowest BCUT2D eigenvalue weighted by Gasteiger charge is -2.21. The number of hydrogen-bond donors (Lipinski definition) is 1. The van der Waals surface area contributed by atoms with Crippen LogP contribution < -0.4 is 5.73 Å². The predicted molar refractivity (Wildman–Crippen MR) is 93.9 cm³/mol. The summed E-state index contributed by atoms with van der Waals surface area (Å²) in [5.41, 5.74) is 7.00. The molecule has 2 aromatic rings.